The van der Waals surface area contributed by atoms with E-state index in [9.17, 15) is 14.0 Å². The van der Waals surface area contributed by atoms with Crippen molar-refractivity contribution in [1.82, 2.24) is 0 Å². The normalized spacial score (nSPS) is 14.9. The van der Waals surface area contributed by atoms with Gasteiger partial charge in [-0.2, -0.15) is 0 Å². The lowest BCUT2D eigenvalue weighted by molar-refractivity contribution is -0.119. The van der Waals surface area contributed by atoms with Crippen molar-refractivity contribution in [2.45, 2.75) is 26.2 Å². The zero-order valence-corrected chi connectivity index (χ0v) is 9.13. The van der Waals surface area contributed by atoms with Crippen molar-refractivity contribution in [3.8, 4) is 0 Å². The Labute approximate surface area is 93.5 Å². The Balaban J connectivity index is 2.13. The topological polar surface area (TPSA) is 34.1 Å². The average molecular weight is 220 g/mol. The summed E-state index contributed by atoms with van der Waals surface area (Å²) in [7, 11) is 0. The molecule has 0 amide bonds. The van der Waals surface area contributed by atoms with Crippen molar-refractivity contribution in [2.75, 3.05) is 0 Å². The molecule has 1 aromatic carbocycles. The summed E-state index contributed by atoms with van der Waals surface area (Å²) in [4.78, 5) is 23.2. The van der Waals surface area contributed by atoms with Gasteiger partial charge in [0, 0.05) is 11.5 Å². The van der Waals surface area contributed by atoms with E-state index in [1.54, 1.807) is 13.0 Å². The molecule has 0 radical (unpaired) electrons. The highest BCUT2D eigenvalue weighted by atomic mass is 19.1. The maximum absolute atomic E-state index is 13.0. The number of rotatable bonds is 4. The maximum Gasteiger partial charge on any atom is 0.170 e. The fourth-order valence-electron chi connectivity index (χ4n) is 1.70. The third-order valence-corrected chi connectivity index (χ3v) is 2.87. The van der Waals surface area contributed by atoms with Gasteiger partial charge in [0.05, 0.1) is 6.42 Å². The molecule has 0 atom stereocenters. The largest absolute Gasteiger partial charge is 0.299 e. The fraction of sp³-hybridized carbons (Fsp3) is 0.385. The van der Waals surface area contributed by atoms with Gasteiger partial charge < -0.3 is 0 Å². The Hall–Kier alpha value is -1.51. The molecular weight excluding hydrogens is 207 g/mol. The molecule has 0 heterocycles. The SMILES string of the molecule is Cc1ccc(F)cc1C(=O)CC(=O)C1CC1. The Kier molecular flexibility index (Phi) is 2.86. The molecule has 16 heavy (non-hydrogen) atoms. The molecule has 0 aromatic heterocycles. The number of carbonyl (C=O) groups excluding carboxylic acids is 2. The average Bonchev–Trinajstić information content (AvgIpc) is 3.04. The van der Waals surface area contributed by atoms with Gasteiger partial charge in [-0.15, -0.1) is 0 Å². The van der Waals surface area contributed by atoms with Crippen molar-refractivity contribution in [3.63, 3.8) is 0 Å². The molecule has 3 heteroatoms. The first-order chi connectivity index (χ1) is 7.58. The number of hydrogen-bond donors (Lipinski definition) is 0. The summed E-state index contributed by atoms with van der Waals surface area (Å²) in [6.45, 7) is 1.74. The third-order valence-electron chi connectivity index (χ3n) is 2.87. The van der Waals surface area contributed by atoms with Crippen molar-refractivity contribution >= 4 is 11.6 Å². The van der Waals surface area contributed by atoms with Crippen LogP contribution >= 0.6 is 0 Å². The summed E-state index contributed by atoms with van der Waals surface area (Å²) in [6.07, 6.45) is 1.71. The second-order valence-electron chi connectivity index (χ2n) is 4.30. The summed E-state index contributed by atoms with van der Waals surface area (Å²) in [5, 5.41) is 0. The highest BCUT2D eigenvalue weighted by Gasteiger charge is 2.30. The molecule has 0 N–H and O–H groups in total. The molecule has 1 saturated carbocycles. The first kappa shape index (κ1) is 11.0. The number of Topliss-reactive ketones (excluding diaryl/α,β-unsaturated/α-hetero) is 2. The fourth-order valence-corrected chi connectivity index (χ4v) is 1.70. The molecule has 0 saturated heterocycles. The first-order valence-corrected chi connectivity index (χ1v) is 5.40. The predicted octanol–water partition coefficient (Wildman–Crippen LogP) is 2.69. The van der Waals surface area contributed by atoms with Crippen LogP contribution in [-0.4, -0.2) is 11.6 Å². The Morgan fingerprint density at radius 1 is 1.38 bits per heavy atom. The van der Waals surface area contributed by atoms with Gasteiger partial charge in [0.15, 0.2) is 5.78 Å². The van der Waals surface area contributed by atoms with E-state index in [4.69, 9.17) is 0 Å². The standard InChI is InChI=1S/C13H13FO2/c1-8-2-5-10(14)6-11(8)13(16)7-12(15)9-3-4-9/h2,5-6,9H,3-4,7H2,1H3. The van der Waals surface area contributed by atoms with Gasteiger partial charge in [0.2, 0.25) is 0 Å². The van der Waals surface area contributed by atoms with Crippen LogP contribution in [0.3, 0.4) is 0 Å². The third kappa shape index (κ3) is 2.35. The number of hydrogen-bond acceptors (Lipinski definition) is 2. The van der Waals surface area contributed by atoms with Crippen molar-refractivity contribution in [2.24, 2.45) is 5.92 Å². The predicted molar refractivity (Wildman–Crippen MR) is 57.8 cm³/mol. The maximum atomic E-state index is 13.0. The molecule has 1 aromatic rings. The summed E-state index contributed by atoms with van der Waals surface area (Å²) < 4.78 is 13.0. The van der Waals surface area contributed by atoms with Gasteiger partial charge in [-0.05, 0) is 37.5 Å². The second-order valence-corrected chi connectivity index (χ2v) is 4.30. The second kappa shape index (κ2) is 4.16. The van der Waals surface area contributed by atoms with Crippen LogP contribution in [0.5, 0.6) is 0 Å². The quantitative estimate of drug-likeness (QED) is 0.577. The minimum absolute atomic E-state index is 0.00587. The molecule has 1 aliphatic carbocycles. The molecule has 1 aliphatic rings. The molecule has 1 fully saturated rings. The molecule has 0 spiro atoms. The highest BCUT2D eigenvalue weighted by Crippen LogP contribution is 2.31. The molecule has 2 nitrogen and oxygen atoms in total. The lowest BCUT2D eigenvalue weighted by atomic mass is 10.00. The monoisotopic (exact) mass is 220 g/mol. The zero-order valence-electron chi connectivity index (χ0n) is 9.13. The smallest absolute Gasteiger partial charge is 0.170 e. The molecule has 84 valence electrons. The highest BCUT2D eigenvalue weighted by molar-refractivity contribution is 6.09. The summed E-state index contributed by atoms with van der Waals surface area (Å²) in [5.74, 6) is -0.631. The number of carbonyl (C=O) groups is 2. The number of benzene rings is 1. The van der Waals surface area contributed by atoms with Gasteiger partial charge in [-0.3, -0.25) is 9.59 Å². The molecule has 0 bridgehead atoms. The Morgan fingerprint density at radius 3 is 2.69 bits per heavy atom. The van der Waals surface area contributed by atoms with Crippen molar-refractivity contribution in [3.05, 3.63) is 35.1 Å². The molecule has 2 rings (SSSR count). The zero-order chi connectivity index (χ0) is 11.7. The Morgan fingerprint density at radius 2 is 2.06 bits per heavy atom. The van der Waals surface area contributed by atoms with Crippen LogP contribution in [0.1, 0.15) is 35.2 Å². The van der Waals surface area contributed by atoms with Gasteiger partial charge in [-0.1, -0.05) is 6.07 Å². The van der Waals surface area contributed by atoms with Crippen LogP contribution in [0.25, 0.3) is 0 Å². The van der Waals surface area contributed by atoms with Gasteiger partial charge in [-0.25, -0.2) is 4.39 Å². The van der Waals surface area contributed by atoms with E-state index in [0.717, 1.165) is 18.4 Å². The lowest BCUT2D eigenvalue weighted by Crippen LogP contribution is -2.11. The van der Waals surface area contributed by atoms with E-state index < -0.39 is 5.82 Å². The summed E-state index contributed by atoms with van der Waals surface area (Å²) in [5.41, 5.74) is 1.05. The van der Waals surface area contributed by atoms with Gasteiger partial charge in [0.25, 0.3) is 0 Å². The number of halogens is 1. The minimum atomic E-state index is -0.437. The van der Waals surface area contributed by atoms with E-state index in [0.29, 0.717) is 5.56 Å². The van der Waals surface area contributed by atoms with E-state index in [1.165, 1.54) is 12.1 Å². The van der Waals surface area contributed by atoms with Gasteiger partial charge in [0.1, 0.15) is 11.6 Å². The molecule has 0 unspecified atom stereocenters. The van der Waals surface area contributed by atoms with Crippen LogP contribution in [0, 0.1) is 18.7 Å². The number of ketones is 2. The minimum Gasteiger partial charge on any atom is -0.299 e. The molecular formula is C13H13FO2. The van der Waals surface area contributed by atoms with E-state index in [2.05, 4.69) is 0 Å². The van der Waals surface area contributed by atoms with E-state index >= 15 is 0 Å². The van der Waals surface area contributed by atoms with Crippen molar-refractivity contribution in [1.29, 1.82) is 0 Å². The van der Waals surface area contributed by atoms with Crippen LogP contribution in [0.2, 0.25) is 0 Å². The molecule has 0 aliphatic heterocycles. The summed E-state index contributed by atoms with van der Waals surface area (Å²) in [6, 6.07) is 4.08. The lowest BCUT2D eigenvalue weighted by Gasteiger charge is -2.04. The summed E-state index contributed by atoms with van der Waals surface area (Å²) >= 11 is 0. The van der Waals surface area contributed by atoms with Crippen molar-refractivity contribution < 1.29 is 14.0 Å². The van der Waals surface area contributed by atoms with Crippen LogP contribution in [0.4, 0.5) is 4.39 Å². The van der Waals surface area contributed by atoms with Gasteiger partial charge >= 0.3 is 0 Å². The van der Waals surface area contributed by atoms with Crippen LogP contribution < -0.4 is 0 Å². The van der Waals surface area contributed by atoms with Crippen LogP contribution in [0.15, 0.2) is 18.2 Å². The van der Waals surface area contributed by atoms with E-state index in [1.807, 2.05) is 0 Å². The Bertz CT molecular complexity index is 447. The van der Waals surface area contributed by atoms with E-state index in [-0.39, 0.29) is 23.9 Å². The van der Waals surface area contributed by atoms with Crippen LogP contribution in [-0.2, 0) is 4.79 Å². The first-order valence-electron chi connectivity index (χ1n) is 5.40. The number of aryl methyl sites for hydroxylation is 1.